The van der Waals surface area contributed by atoms with Crippen LogP contribution < -0.4 is 5.43 Å². The zero-order valence-corrected chi connectivity index (χ0v) is 14.8. The van der Waals surface area contributed by atoms with Crippen LogP contribution in [0.15, 0.2) is 53.8 Å². The van der Waals surface area contributed by atoms with E-state index in [-0.39, 0.29) is 17.7 Å². The van der Waals surface area contributed by atoms with Crippen LogP contribution in [-0.4, -0.2) is 41.0 Å². The van der Waals surface area contributed by atoms with E-state index in [1.165, 1.54) is 6.21 Å². The second kappa shape index (κ2) is 8.38. The minimum Gasteiger partial charge on any atom is -0.339 e. The van der Waals surface area contributed by atoms with Crippen LogP contribution in [0.2, 0.25) is 0 Å². The number of aromatic nitrogens is 1. The Morgan fingerprint density at radius 3 is 2.58 bits per heavy atom. The average Bonchev–Trinajstić information content (AvgIpc) is 2.69. The molecule has 2 amide bonds. The third-order valence-corrected chi connectivity index (χ3v) is 4.59. The molecule has 0 radical (unpaired) electrons. The van der Waals surface area contributed by atoms with Gasteiger partial charge in [-0.3, -0.25) is 14.6 Å². The number of piperidine rings is 1. The zero-order valence-electron chi connectivity index (χ0n) is 14.8. The van der Waals surface area contributed by atoms with Crippen molar-refractivity contribution in [1.29, 1.82) is 0 Å². The molecular weight excluding hydrogens is 328 g/mol. The van der Waals surface area contributed by atoms with E-state index in [1.807, 2.05) is 54.3 Å². The third kappa shape index (κ3) is 4.33. The van der Waals surface area contributed by atoms with Crippen LogP contribution in [0.5, 0.6) is 0 Å². The molecule has 1 aliphatic heterocycles. The molecule has 0 bridgehead atoms. The van der Waals surface area contributed by atoms with Gasteiger partial charge in [-0.2, -0.15) is 5.10 Å². The van der Waals surface area contributed by atoms with Crippen molar-refractivity contribution in [3.05, 3.63) is 65.5 Å². The predicted molar refractivity (Wildman–Crippen MR) is 99.8 cm³/mol. The lowest BCUT2D eigenvalue weighted by Gasteiger charge is -2.31. The maximum absolute atomic E-state index is 12.6. The number of pyridine rings is 1. The maximum Gasteiger partial charge on any atom is 0.254 e. The number of nitrogens with one attached hydrogen (secondary N) is 1. The highest BCUT2D eigenvalue weighted by Gasteiger charge is 2.28. The van der Waals surface area contributed by atoms with E-state index in [9.17, 15) is 9.59 Å². The number of benzene rings is 1. The van der Waals surface area contributed by atoms with Crippen molar-refractivity contribution in [3.63, 3.8) is 0 Å². The smallest absolute Gasteiger partial charge is 0.254 e. The van der Waals surface area contributed by atoms with Crippen LogP contribution in [0, 0.1) is 12.8 Å². The number of rotatable bonds is 4. The Bertz CT molecular complexity index is 796. The Labute approximate surface area is 152 Å². The summed E-state index contributed by atoms with van der Waals surface area (Å²) in [6, 6.07) is 13.1. The summed E-state index contributed by atoms with van der Waals surface area (Å²) in [5, 5.41) is 3.96. The Morgan fingerprint density at radius 2 is 1.88 bits per heavy atom. The molecule has 26 heavy (non-hydrogen) atoms. The van der Waals surface area contributed by atoms with Gasteiger partial charge < -0.3 is 4.90 Å². The number of hydrazone groups is 1. The van der Waals surface area contributed by atoms with Gasteiger partial charge in [0, 0.05) is 30.8 Å². The van der Waals surface area contributed by atoms with Crippen molar-refractivity contribution in [3.8, 4) is 0 Å². The topological polar surface area (TPSA) is 74.7 Å². The average molecular weight is 350 g/mol. The molecule has 1 N–H and O–H groups in total. The molecule has 0 unspecified atom stereocenters. The van der Waals surface area contributed by atoms with E-state index in [2.05, 4.69) is 15.5 Å². The van der Waals surface area contributed by atoms with Crippen LogP contribution in [0.4, 0.5) is 0 Å². The van der Waals surface area contributed by atoms with Crippen molar-refractivity contribution in [2.45, 2.75) is 19.8 Å². The summed E-state index contributed by atoms with van der Waals surface area (Å²) in [6.07, 6.45) is 4.48. The van der Waals surface area contributed by atoms with Crippen molar-refractivity contribution >= 4 is 18.0 Å². The molecule has 0 spiro atoms. The summed E-state index contributed by atoms with van der Waals surface area (Å²) >= 11 is 0. The predicted octanol–water partition coefficient (Wildman–Crippen LogP) is 2.39. The van der Waals surface area contributed by atoms with Gasteiger partial charge in [-0.1, -0.05) is 24.3 Å². The first-order chi connectivity index (χ1) is 12.6. The van der Waals surface area contributed by atoms with Gasteiger partial charge in [0.1, 0.15) is 0 Å². The molecule has 6 heteroatoms. The van der Waals surface area contributed by atoms with Gasteiger partial charge in [-0.05, 0) is 43.5 Å². The highest BCUT2D eigenvalue weighted by Crippen LogP contribution is 2.20. The summed E-state index contributed by atoms with van der Waals surface area (Å²) in [7, 11) is 0. The molecular formula is C20H22N4O2. The molecule has 1 aliphatic rings. The SMILES string of the molecule is Cc1ccccc1C(=O)N1CCC(C(=O)NN=Cc2ccccn2)CC1. The van der Waals surface area contributed by atoms with E-state index in [1.54, 1.807) is 6.20 Å². The normalized spacial score (nSPS) is 15.2. The first-order valence-electron chi connectivity index (χ1n) is 8.74. The Kier molecular flexibility index (Phi) is 5.73. The van der Waals surface area contributed by atoms with Gasteiger partial charge in [0.2, 0.25) is 5.91 Å². The number of carbonyl (C=O) groups is 2. The minimum absolute atomic E-state index is 0.0372. The fraction of sp³-hybridized carbons (Fsp3) is 0.300. The van der Waals surface area contributed by atoms with Crippen molar-refractivity contribution in [2.75, 3.05) is 13.1 Å². The summed E-state index contributed by atoms with van der Waals surface area (Å²) in [5.74, 6) is -0.202. The van der Waals surface area contributed by atoms with Gasteiger partial charge in [0.25, 0.3) is 5.91 Å². The molecule has 3 rings (SSSR count). The Hall–Kier alpha value is -3.02. The molecule has 6 nitrogen and oxygen atoms in total. The first-order valence-corrected chi connectivity index (χ1v) is 8.74. The number of likely N-dealkylation sites (tertiary alicyclic amines) is 1. The quantitative estimate of drug-likeness (QED) is 0.680. The largest absolute Gasteiger partial charge is 0.339 e. The molecule has 1 fully saturated rings. The molecule has 0 saturated carbocycles. The first kappa shape index (κ1) is 17.8. The third-order valence-electron chi connectivity index (χ3n) is 4.59. The number of amides is 2. The van der Waals surface area contributed by atoms with E-state index >= 15 is 0 Å². The lowest BCUT2D eigenvalue weighted by molar-refractivity contribution is -0.126. The molecule has 0 atom stereocenters. The van der Waals surface area contributed by atoms with Crippen LogP contribution in [-0.2, 0) is 4.79 Å². The van der Waals surface area contributed by atoms with Crippen LogP contribution in [0.3, 0.4) is 0 Å². The highest BCUT2D eigenvalue weighted by molar-refractivity contribution is 5.95. The van der Waals surface area contributed by atoms with Gasteiger partial charge >= 0.3 is 0 Å². The zero-order chi connectivity index (χ0) is 18.4. The Morgan fingerprint density at radius 1 is 1.15 bits per heavy atom. The lowest BCUT2D eigenvalue weighted by Crippen LogP contribution is -2.42. The summed E-state index contributed by atoms with van der Waals surface area (Å²) in [5.41, 5.74) is 4.96. The van der Waals surface area contributed by atoms with E-state index < -0.39 is 0 Å². The fourth-order valence-corrected chi connectivity index (χ4v) is 3.03. The number of nitrogens with zero attached hydrogens (tertiary/aromatic N) is 3. The molecule has 2 heterocycles. The summed E-state index contributed by atoms with van der Waals surface area (Å²) in [4.78, 5) is 30.8. The van der Waals surface area contributed by atoms with Gasteiger partial charge in [0.15, 0.2) is 0 Å². The summed E-state index contributed by atoms with van der Waals surface area (Å²) < 4.78 is 0. The monoisotopic (exact) mass is 350 g/mol. The number of hydrogen-bond acceptors (Lipinski definition) is 4. The molecule has 1 saturated heterocycles. The standard InChI is InChI=1S/C20H22N4O2/c1-15-6-2-3-8-18(15)20(26)24-12-9-16(10-13-24)19(25)23-22-14-17-7-4-5-11-21-17/h2-8,11,14,16H,9-10,12-13H2,1H3,(H,23,25). The maximum atomic E-state index is 12.6. The molecule has 134 valence electrons. The van der Waals surface area contributed by atoms with Crippen LogP contribution in [0.25, 0.3) is 0 Å². The van der Waals surface area contributed by atoms with Crippen LogP contribution in [0.1, 0.15) is 34.5 Å². The van der Waals surface area contributed by atoms with E-state index in [0.717, 1.165) is 11.1 Å². The Balaban J connectivity index is 1.50. The number of hydrogen-bond donors (Lipinski definition) is 1. The van der Waals surface area contributed by atoms with Gasteiger partial charge in [0.05, 0.1) is 11.9 Å². The van der Waals surface area contributed by atoms with E-state index in [4.69, 9.17) is 0 Å². The van der Waals surface area contributed by atoms with Gasteiger partial charge in [-0.25, -0.2) is 5.43 Å². The van der Waals surface area contributed by atoms with Crippen molar-refractivity contribution in [1.82, 2.24) is 15.3 Å². The van der Waals surface area contributed by atoms with E-state index in [0.29, 0.717) is 31.6 Å². The molecule has 2 aromatic rings. The van der Waals surface area contributed by atoms with Crippen LogP contribution >= 0.6 is 0 Å². The fourth-order valence-electron chi connectivity index (χ4n) is 3.03. The van der Waals surface area contributed by atoms with Crippen molar-refractivity contribution < 1.29 is 9.59 Å². The number of aryl methyl sites for hydroxylation is 1. The molecule has 0 aliphatic carbocycles. The molecule has 1 aromatic heterocycles. The lowest BCUT2D eigenvalue weighted by atomic mass is 9.95. The summed E-state index contributed by atoms with van der Waals surface area (Å²) in [6.45, 7) is 3.09. The van der Waals surface area contributed by atoms with Gasteiger partial charge in [-0.15, -0.1) is 0 Å². The number of carbonyl (C=O) groups excluding carboxylic acids is 2. The second-order valence-corrected chi connectivity index (χ2v) is 6.37. The second-order valence-electron chi connectivity index (χ2n) is 6.37. The minimum atomic E-state index is -0.128. The highest BCUT2D eigenvalue weighted by atomic mass is 16.2. The molecule has 1 aromatic carbocycles. The van der Waals surface area contributed by atoms with Crippen molar-refractivity contribution in [2.24, 2.45) is 11.0 Å².